The summed E-state index contributed by atoms with van der Waals surface area (Å²) in [6.07, 6.45) is 4.12. The summed E-state index contributed by atoms with van der Waals surface area (Å²) in [6.45, 7) is 5.39. The molecule has 0 aromatic carbocycles. The van der Waals surface area contributed by atoms with Gasteiger partial charge < -0.3 is 16.0 Å². The van der Waals surface area contributed by atoms with E-state index in [0.717, 1.165) is 12.2 Å². The zero-order valence-corrected chi connectivity index (χ0v) is 11.1. The zero-order chi connectivity index (χ0) is 13.1. The smallest absolute Gasteiger partial charge is 0.233 e. The molecular formula is C11H18N4OS. The van der Waals surface area contributed by atoms with Gasteiger partial charge >= 0.3 is 0 Å². The maximum atomic E-state index is 12.1. The van der Waals surface area contributed by atoms with Gasteiger partial charge in [0.25, 0.3) is 0 Å². The monoisotopic (exact) mass is 254 g/mol. The predicted octanol–water partition coefficient (Wildman–Crippen LogP) is 1.29. The van der Waals surface area contributed by atoms with Crippen LogP contribution in [0, 0.1) is 5.41 Å². The van der Waals surface area contributed by atoms with Crippen molar-refractivity contribution in [3.05, 3.63) is 18.2 Å². The number of nitrogens with two attached hydrogens (primary N) is 1. The highest BCUT2D eigenvalue weighted by Gasteiger charge is 2.32. The molecule has 4 N–H and O–H groups in total. The summed E-state index contributed by atoms with van der Waals surface area (Å²) in [4.78, 5) is 19.4. The average Bonchev–Trinajstić information content (AvgIpc) is 2.78. The van der Waals surface area contributed by atoms with Crippen molar-refractivity contribution in [2.45, 2.75) is 33.2 Å². The van der Waals surface area contributed by atoms with Gasteiger partial charge in [0, 0.05) is 12.4 Å². The molecule has 0 spiro atoms. The van der Waals surface area contributed by atoms with Crippen molar-refractivity contribution in [1.29, 1.82) is 0 Å². The Balaban J connectivity index is 2.77. The summed E-state index contributed by atoms with van der Waals surface area (Å²) in [5, 5.41) is 2.89. The third kappa shape index (κ3) is 3.03. The maximum Gasteiger partial charge on any atom is 0.233 e. The Labute approximate surface area is 106 Å². The Morgan fingerprint density at radius 2 is 2.35 bits per heavy atom. The van der Waals surface area contributed by atoms with Crippen molar-refractivity contribution in [3.63, 3.8) is 0 Å². The lowest BCUT2D eigenvalue weighted by Crippen LogP contribution is -2.46. The number of aromatic nitrogens is 2. The lowest BCUT2D eigenvalue weighted by molar-refractivity contribution is -0.127. The molecular weight excluding hydrogens is 236 g/mol. The molecule has 0 aliphatic carbocycles. The molecule has 1 unspecified atom stereocenters. The number of carbonyl (C=O) groups excluding carboxylic acids is 1. The van der Waals surface area contributed by atoms with Crippen LogP contribution in [-0.4, -0.2) is 20.9 Å². The van der Waals surface area contributed by atoms with Crippen LogP contribution in [0.15, 0.2) is 12.4 Å². The third-order valence-corrected chi connectivity index (χ3v) is 3.26. The molecule has 0 fully saturated rings. The van der Waals surface area contributed by atoms with E-state index in [9.17, 15) is 4.79 Å². The fraction of sp³-hybridized carbons (Fsp3) is 0.545. The topological polar surface area (TPSA) is 83.8 Å². The number of hydrogen-bond donors (Lipinski definition) is 3. The minimum Gasteiger partial charge on any atom is -0.392 e. The van der Waals surface area contributed by atoms with Crippen LogP contribution in [0.5, 0.6) is 0 Å². The molecule has 1 rings (SSSR count). The minimum atomic E-state index is -0.852. The van der Waals surface area contributed by atoms with Gasteiger partial charge in [-0.15, -0.1) is 0 Å². The van der Waals surface area contributed by atoms with Crippen LogP contribution in [-0.2, 0) is 4.79 Å². The van der Waals surface area contributed by atoms with E-state index in [0.29, 0.717) is 0 Å². The highest BCUT2D eigenvalue weighted by Crippen LogP contribution is 2.19. The van der Waals surface area contributed by atoms with Gasteiger partial charge in [0.2, 0.25) is 5.91 Å². The van der Waals surface area contributed by atoms with E-state index in [2.05, 4.69) is 15.3 Å². The van der Waals surface area contributed by atoms with Gasteiger partial charge in [0.1, 0.15) is 5.82 Å². The molecule has 1 heterocycles. The Kier molecular flexibility index (Phi) is 4.22. The second-order valence-corrected chi connectivity index (χ2v) is 4.84. The summed E-state index contributed by atoms with van der Waals surface area (Å²) in [6, 6.07) is -0.147. The first-order valence-electron chi connectivity index (χ1n) is 5.49. The van der Waals surface area contributed by atoms with E-state index in [1.807, 2.05) is 6.92 Å². The summed E-state index contributed by atoms with van der Waals surface area (Å²) in [7, 11) is 0. The van der Waals surface area contributed by atoms with Crippen molar-refractivity contribution in [1.82, 2.24) is 15.3 Å². The van der Waals surface area contributed by atoms with Crippen molar-refractivity contribution in [2.24, 2.45) is 11.1 Å². The van der Waals surface area contributed by atoms with Crippen molar-refractivity contribution in [3.8, 4) is 0 Å². The first-order valence-corrected chi connectivity index (χ1v) is 5.90. The van der Waals surface area contributed by atoms with E-state index < -0.39 is 5.41 Å². The standard InChI is InChI=1S/C11H18N4OS/c1-4-7(8-13-5-6-14-8)15-10(16)11(2,3)9(12)17/h5-7H,4H2,1-3H3,(H2,12,17)(H,13,14)(H,15,16). The van der Waals surface area contributed by atoms with E-state index >= 15 is 0 Å². The van der Waals surface area contributed by atoms with E-state index in [1.165, 1.54) is 0 Å². The summed E-state index contributed by atoms with van der Waals surface area (Å²) >= 11 is 4.89. The lowest BCUT2D eigenvalue weighted by Gasteiger charge is -2.25. The molecule has 0 radical (unpaired) electrons. The number of H-pyrrole nitrogens is 1. The van der Waals surface area contributed by atoms with Crippen LogP contribution >= 0.6 is 12.2 Å². The SMILES string of the molecule is CCC(NC(=O)C(C)(C)C(N)=S)c1ncc[nH]1. The van der Waals surface area contributed by atoms with Crippen molar-refractivity contribution < 1.29 is 4.79 Å². The zero-order valence-electron chi connectivity index (χ0n) is 10.3. The molecule has 1 atom stereocenters. The van der Waals surface area contributed by atoms with Crippen molar-refractivity contribution in [2.75, 3.05) is 0 Å². The highest BCUT2D eigenvalue weighted by atomic mass is 32.1. The Morgan fingerprint density at radius 1 is 1.71 bits per heavy atom. The number of nitrogens with one attached hydrogen (secondary N) is 2. The summed E-state index contributed by atoms with van der Waals surface area (Å²) in [5.74, 6) is 0.549. The van der Waals surface area contributed by atoms with Crippen LogP contribution in [0.2, 0.25) is 0 Å². The molecule has 1 amide bonds. The third-order valence-electron chi connectivity index (χ3n) is 2.75. The Bertz CT molecular complexity index is 400. The number of rotatable bonds is 5. The molecule has 0 saturated carbocycles. The van der Waals surface area contributed by atoms with Gasteiger partial charge in [-0.05, 0) is 20.3 Å². The van der Waals surface area contributed by atoms with Crippen LogP contribution in [0.4, 0.5) is 0 Å². The van der Waals surface area contributed by atoms with Gasteiger partial charge in [0.15, 0.2) is 0 Å². The fourth-order valence-corrected chi connectivity index (χ4v) is 1.38. The predicted molar refractivity (Wildman–Crippen MR) is 70.3 cm³/mol. The van der Waals surface area contributed by atoms with Crippen LogP contribution in [0.1, 0.15) is 39.1 Å². The number of thiocarbonyl (C=S) groups is 1. The molecule has 5 nitrogen and oxygen atoms in total. The van der Waals surface area contributed by atoms with Crippen molar-refractivity contribution >= 4 is 23.1 Å². The van der Waals surface area contributed by atoms with Crippen LogP contribution in [0.3, 0.4) is 0 Å². The highest BCUT2D eigenvalue weighted by molar-refractivity contribution is 7.80. The van der Waals surface area contributed by atoms with Gasteiger partial charge in [-0.2, -0.15) is 0 Å². The molecule has 1 aromatic rings. The molecule has 0 saturated heterocycles. The molecule has 0 aliphatic rings. The van der Waals surface area contributed by atoms with Gasteiger partial charge in [-0.3, -0.25) is 4.79 Å². The molecule has 0 bridgehead atoms. The normalized spacial score (nSPS) is 13.1. The number of amides is 1. The number of aromatic amines is 1. The number of carbonyl (C=O) groups is 1. The Morgan fingerprint density at radius 3 is 2.76 bits per heavy atom. The molecule has 1 aromatic heterocycles. The quantitative estimate of drug-likeness (QED) is 0.691. The fourth-order valence-electron chi connectivity index (χ4n) is 1.28. The second kappa shape index (κ2) is 5.27. The largest absolute Gasteiger partial charge is 0.392 e. The Hall–Kier alpha value is -1.43. The molecule has 17 heavy (non-hydrogen) atoms. The van der Waals surface area contributed by atoms with Crippen LogP contribution < -0.4 is 11.1 Å². The number of hydrogen-bond acceptors (Lipinski definition) is 3. The summed E-state index contributed by atoms with van der Waals surface area (Å²) in [5.41, 5.74) is 4.70. The first kappa shape index (κ1) is 13.6. The minimum absolute atomic E-state index is 0.147. The lowest BCUT2D eigenvalue weighted by atomic mass is 9.92. The molecule has 0 aliphatic heterocycles. The molecule has 94 valence electrons. The first-order chi connectivity index (χ1) is 7.89. The maximum absolute atomic E-state index is 12.1. The van der Waals surface area contributed by atoms with E-state index in [-0.39, 0.29) is 16.9 Å². The van der Waals surface area contributed by atoms with E-state index in [1.54, 1.807) is 26.2 Å². The molecule has 6 heteroatoms. The van der Waals surface area contributed by atoms with Gasteiger partial charge in [0.05, 0.1) is 16.4 Å². The van der Waals surface area contributed by atoms with E-state index in [4.69, 9.17) is 18.0 Å². The average molecular weight is 254 g/mol. The number of imidazole rings is 1. The van der Waals surface area contributed by atoms with Gasteiger partial charge in [-0.1, -0.05) is 19.1 Å². The number of nitrogens with zero attached hydrogens (tertiary/aromatic N) is 1. The second-order valence-electron chi connectivity index (χ2n) is 4.40. The van der Waals surface area contributed by atoms with Crippen LogP contribution in [0.25, 0.3) is 0 Å². The summed E-state index contributed by atoms with van der Waals surface area (Å²) < 4.78 is 0. The van der Waals surface area contributed by atoms with Gasteiger partial charge in [-0.25, -0.2) is 4.98 Å².